The van der Waals surface area contributed by atoms with Crippen molar-refractivity contribution in [3.05, 3.63) is 29.6 Å². The Morgan fingerprint density at radius 3 is 2.74 bits per heavy atom. The highest BCUT2D eigenvalue weighted by Crippen LogP contribution is 2.17. The lowest BCUT2D eigenvalue weighted by Gasteiger charge is -2.27. The van der Waals surface area contributed by atoms with Gasteiger partial charge in [-0.05, 0) is 18.2 Å². The summed E-state index contributed by atoms with van der Waals surface area (Å²) in [5, 5.41) is 10.0. The van der Waals surface area contributed by atoms with Crippen LogP contribution in [0.1, 0.15) is 5.56 Å². The molecule has 0 spiro atoms. The maximum atomic E-state index is 13.1. The van der Waals surface area contributed by atoms with Crippen molar-refractivity contribution in [3.63, 3.8) is 0 Å². The lowest BCUT2D eigenvalue weighted by Crippen LogP contribution is -2.43. The van der Waals surface area contributed by atoms with Gasteiger partial charge >= 0.3 is 6.03 Å². The number of morpholine rings is 1. The van der Waals surface area contributed by atoms with E-state index in [1.54, 1.807) is 4.90 Å². The average Bonchev–Trinajstić information content (AvgIpc) is 2.41. The molecule has 1 aliphatic rings. The van der Waals surface area contributed by atoms with Crippen molar-refractivity contribution in [3.8, 4) is 0 Å². The molecule has 1 heterocycles. The monoisotopic (exact) mass is 266 g/mol. The Balaban J connectivity index is 2.13. The highest BCUT2D eigenvalue weighted by Gasteiger charge is 2.18. The van der Waals surface area contributed by atoms with Crippen LogP contribution in [0.4, 0.5) is 14.9 Å². The van der Waals surface area contributed by atoms with Gasteiger partial charge in [0.1, 0.15) is 11.7 Å². The molecule has 102 valence electrons. The summed E-state index contributed by atoms with van der Waals surface area (Å²) < 4.78 is 18.3. The molecule has 1 saturated heterocycles. The summed E-state index contributed by atoms with van der Waals surface area (Å²) in [6.07, 6.45) is 0. The molecule has 19 heavy (non-hydrogen) atoms. The van der Waals surface area contributed by atoms with Crippen molar-refractivity contribution in [2.24, 2.45) is 5.73 Å². The van der Waals surface area contributed by atoms with Gasteiger partial charge in [-0.15, -0.1) is 0 Å². The van der Waals surface area contributed by atoms with E-state index in [0.717, 1.165) is 6.07 Å². The molecule has 0 radical (unpaired) electrons. The Morgan fingerprint density at radius 1 is 1.42 bits per heavy atom. The minimum atomic E-state index is -0.505. The van der Waals surface area contributed by atoms with Gasteiger partial charge in [0.25, 0.3) is 0 Å². The second-order valence-corrected chi connectivity index (χ2v) is 4.13. The van der Waals surface area contributed by atoms with E-state index in [2.05, 4.69) is 5.32 Å². The van der Waals surface area contributed by atoms with Gasteiger partial charge in [0.15, 0.2) is 0 Å². The number of amides is 2. The Labute approximate surface area is 109 Å². The van der Waals surface area contributed by atoms with Crippen molar-refractivity contribution in [1.29, 1.82) is 5.41 Å². The summed E-state index contributed by atoms with van der Waals surface area (Å²) >= 11 is 0. The van der Waals surface area contributed by atoms with Crippen LogP contribution in [0.2, 0.25) is 0 Å². The third-order valence-corrected chi connectivity index (χ3v) is 2.81. The Morgan fingerprint density at radius 2 is 2.11 bits per heavy atom. The van der Waals surface area contributed by atoms with Gasteiger partial charge < -0.3 is 20.7 Å². The van der Waals surface area contributed by atoms with Crippen molar-refractivity contribution in [2.45, 2.75) is 0 Å². The number of hydrogen-bond donors (Lipinski definition) is 3. The second kappa shape index (κ2) is 5.66. The predicted octanol–water partition coefficient (Wildman–Crippen LogP) is 0.974. The first-order valence-electron chi connectivity index (χ1n) is 5.85. The van der Waals surface area contributed by atoms with E-state index in [1.165, 1.54) is 12.1 Å². The lowest BCUT2D eigenvalue weighted by molar-refractivity contribution is 0.0564. The quantitative estimate of drug-likeness (QED) is 0.550. The number of nitrogens with zero attached hydrogens (tertiary/aromatic N) is 1. The van der Waals surface area contributed by atoms with Crippen LogP contribution in [0.25, 0.3) is 0 Å². The SMILES string of the molecule is N=C(N)c1cc(F)ccc1NC(=O)N1CCOCC1. The molecule has 4 N–H and O–H groups in total. The van der Waals surface area contributed by atoms with E-state index in [0.29, 0.717) is 32.0 Å². The fraction of sp³-hybridized carbons (Fsp3) is 0.333. The molecule has 2 rings (SSSR count). The Kier molecular flexibility index (Phi) is 3.96. The lowest BCUT2D eigenvalue weighted by atomic mass is 10.1. The molecule has 0 unspecified atom stereocenters. The van der Waals surface area contributed by atoms with E-state index in [-0.39, 0.29) is 17.4 Å². The highest BCUT2D eigenvalue weighted by molar-refractivity contribution is 6.03. The number of hydrogen-bond acceptors (Lipinski definition) is 3. The number of nitrogen functional groups attached to an aromatic ring is 1. The molecule has 0 saturated carbocycles. The number of nitrogens with two attached hydrogens (primary N) is 1. The number of urea groups is 1. The number of benzene rings is 1. The standard InChI is InChI=1S/C12H15FN4O2/c13-8-1-2-10(9(7-8)11(14)15)16-12(18)17-3-5-19-6-4-17/h1-2,7H,3-6H2,(H3,14,15)(H,16,18). The maximum Gasteiger partial charge on any atom is 0.322 e. The summed E-state index contributed by atoms with van der Waals surface area (Å²) in [5.41, 5.74) is 5.86. The van der Waals surface area contributed by atoms with Gasteiger partial charge in [-0.3, -0.25) is 5.41 Å². The van der Waals surface area contributed by atoms with Crippen molar-refractivity contribution in [1.82, 2.24) is 4.90 Å². The first-order chi connectivity index (χ1) is 9.08. The molecule has 1 aliphatic heterocycles. The molecule has 1 fully saturated rings. The Bertz CT molecular complexity index is 501. The van der Waals surface area contributed by atoms with Crippen LogP contribution in [-0.4, -0.2) is 43.1 Å². The maximum absolute atomic E-state index is 13.1. The molecule has 1 aromatic carbocycles. The zero-order chi connectivity index (χ0) is 13.8. The number of carbonyl (C=O) groups excluding carboxylic acids is 1. The molecular weight excluding hydrogens is 251 g/mol. The average molecular weight is 266 g/mol. The first kappa shape index (κ1) is 13.3. The molecular formula is C12H15FN4O2. The van der Waals surface area contributed by atoms with Crippen molar-refractivity contribution < 1.29 is 13.9 Å². The van der Waals surface area contributed by atoms with Crippen molar-refractivity contribution >= 4 is 17.6 Å². The summed E-state index contributed by atoms with van der Waals surface area (Å²) in [4.78, 5) is 13.6. The highest BCUT2D eigenvalue weighted by atomic mass is 19.1. The number of ether oxygens (including phenoxy) is 1. The third-order valence-electron chi connectivity index (χ3n) is 2.81. The number of nitrogens with one attached hydrogen (secondary N) is 2. The number of amidine groups is 1. The zero-order valence-corrected chi connectivity index (χ0v) is 10.3. The van der Waals surface area contributed by atoms with Crippen LogP contribution < -0.4 is 11.1 Å². The van der Waals surface area contributed by atoms with Gasteiger partial charge in [-0.1, -0.05) is 0 Å². The van der Waals surface area contributed by atoms with Crippen LogP contribution in [0, 0.1) is 11.2 Å². The van der Waals surface area contributed by atoms with Gasteiger partial charge in [-0.25, -0.2) is 9.18 Å². The summed E-state index contributed by atoms with van der Waals surface area (Å²) in [6.45, 7) is 2.00. The number of carbonyl (C=O) groups is 1. The van der Waals surface area contributed by atoms with E-state index in [9.17, 15) is 9.18 Å². The minimum absolute atomic E-state index is 0.168. The molecule has 0 atom stereocenters. The molecule has 7 heteroatoms. The van der Waals surface area contributed by atoms with E-state index >= 15 is 0 Å². The van der Waals surface area contributed by atoms with E-state index < -0.39 is 5.82 Å². The number of halogens is 1. The van der Waals surface area contributed by atoms with E-state index in [4.69, 9.17) is 15.9 Å². The molecule has 6 nitrogen and oxygen atoms in total. The van der Waals surface area contributed by atoms with Crippen LogP contribution in [-0.2, 0) is 4.74 Å². The van der Waals surface area contributed by atoms with Crippen LogP contribution in [0.3, 0.4) is 0 Å². The minimum Gasteiger partial charge on any atom is -0.384 e. The summed E-state index contributed by atoms with van der Waals surface area (Å²) in [7, 11) is 0. The molecule has 2 amide bonds. The van der Waals surface area contributed by atoms with E-state index in [1.807, 2.05) is 0 Å². The predicted molar refractivity (Wildman–Crippen MR) is 68.8 cm³/mol. The summed E-state index contributed by atoms with van der Waals surface area (Å²) in [6, 6.07) is 3.42. The molecule has 1 aromatic rings. The van der Waals surface area contributed by atoms with Gasteiger partial charge in [-0.2, -0.15) is 0 Å². The van der Waals surface area contributed by atoms with Crippen molar-refractivity contribution in [2.75, 3.05) is 31.6 Å². The number of anilines is 1. The smallest absolute Gasteiger partial charge is 0.322 e. The zero-order valence-electron chi connectivity index (χ0n) is 10.3. The van der Waals surface area contributed by atoms with Gasteiger partial charge in [0.2, 0.25) is 0 Å². The third kappa shape index (κ3) is 3.19. The largest absolute Gasteiger partial charge is 0.384 e. The van der Waals surface area contributed by atoms with Crippen LogP contribution in [0.5, 0.6) is 0 Å². The topological polar surface area (TPSA) is 91.4 Å². The fourth-order valence-electron chi connectivity index (χ4n) is 1.81. The fourth-order valence-corrected chi connectivity index (χ4v) is 1.81. The molecule has 0 aliphatic carbocycles. The van der Waals surface area contributed by atoms with Crippen LogP contribution >= 0.6 is 0 Å². The second-order valence-electron chi connectivity index (χ2n) is 4.13. The van der Waals surface area contributed by atoms with Gasteiger partial charge in [0, 0.05) is 18.7 Å². The van der Waals surface area contributed by atoms with Crippen LogP contribution in [0.15, 0.2) is 18.2 Å². The summed E-state index contributed by atoms with van der Waals surface area (Å²) in [5.74, 6) is -0.800. The van der Waals surface area contributed by atoms with Gasteiger partial charge in [0.05, 0.1) is 18.9 Å². The molecule has 0 bridgehead atoms. The molecule has 0 aromatic heterocycles. The first-order valence-corrected chi connectivity index (χ1v) is 5.85. The number of rotatable bonds is 2. The normalized spacial score (nSPS) is 15.1. The Hall–Kier alpha value is -2.15.